The molecule has 114 valence electrons. The third-order valence-corrected chi connectivity index (χ3v) is 5.60. The molecule has 21 heavy (non-hydrogen) atoms. The smallest absolute Gasteiger partial charge is 0.259 e. The molecule has 3 N–H and O–H groups in total. The Morgan fingerprint density at radius 3 is 2.76 bits per heavy atom. The minimum absolute atomic E-state index is 0.00584. The maximum absolute atomic E-state index is 12.2. The number of H-pyrrole nitrogens is 1. The first-order valence-corrected chi connectivity index (χ1v) is 8.31. The molecule has 0 radical (unpaired) electrons. The van der Waals surface area contributed by atoms with E-state index in [0.29, 0.717) is 5.92 Å². The Labute approximate surface area is 128 Å². The van der Waals surface area contributed by atoms with Gasteiger partial charge in [-0.1, -0.05) is 0 Å². The van der Waals surface area contributed by atoms with Gasteiger partial charge in [0.1, 0.15) is 10.7 Å². The highest BCUT2D eigenvalue weighted by Gasteiger charge is 2.19. The summed E-state index contributed by atoms with van der Waals surface area (Å²) in [5.41, 5.74) is 6.77. The summed E-state index contributed by atoms with van der Waals surface area (Å²) in [6.45, 7) is 7.60. The van der Waals surface area contributed by atoms with Crippen LogP contribution >= 0.6 is 11.3 Å². The summed E-state index contributed by atoms with van der Waals surface area (Å²) >= 11 is 1.61. The first-order valence-electron chi connectivity index (χ1n) is 7.49. The van der Waals surface area contributed by atoms with Crippen molar-refractivity contribution in [2.24, 2.45) is 11.7 Å². The van der Waals surface area contributed by atoms with Crippen LogP contribution in [0.4, 0.5) is 0 Å². The molecular weight excluding hydrogens is 284 g/mol. The van der Waals surface area contributed by atoms with Gasteiger partial charge in [0.2, 0.25) is 0 Å². The van der Waals surface area contributed by atoms with Crippen LogP contribution in [-0.2, 0) is 6.54 Å². The average Bonchev–Trinajstić information content (AvgIpc) is 2.75. The van der Waals surface area contributed by atoms with Gasteiger partial charge < -0.3 is 10.7 Å². The largest absolute Gasteiger partial charge is 0.330 e. The van der Waals surface area contributed by atoms with Gasteiger partial charge in [0.05, 0.1) is 11.9 Å². The average molecular weight is 306 g/mol. The van der Waals surface area contributed by atoms with Crippen molar-refractivity contribution >= 4 is 21.6 Å². The molecule has 0 aliphatic carbocycles. The van der Waals surface area contributed by atoms with Crippen molar-refractivity contribution in [3.63, 3.8) is 0 Å². The van der Waals surface area contributed by atoms with E-state index in [1.165, 1.54) is 4.88 Å². The van der Waals surface area contributed by atoms with E-state index in [4.69, 9.17) is 5.73 Å². The van der Waals surface area contributed by atoms with E-state index in [2.05, 4.69) is 14.9 Å². The fraction of sp³-hybridized carbons (Fsp3) is 0.600. The Morgan fingerprint density at radius 2 is 2.10 bits per heavy atom. The van der Waals surface area contributed by atoms with Crippen molar-refractivity contribution in [3.8, 4) is 0 Å². The number of nitrogens with zero attached hydrogens (tertiary/aromatic N) is 2. The van der Waals surface area contributed by atoms with Gasteiger partial charge >= 0.3 is 0 Å². The molecule has 3 rings (SSSR count). The van der Waals surface area contributed by atoms with E-state index in [9.17, 15) is 4.79 Å². The second-order valence-electron chi connectivity index (χ2n) is 5.93. The molecule has 2 aromatic heterocycles. The van der Waals surface area contributed by atoms with Crippen LogP contribution in [0, 0.1) is 19.8 Å². The lowest BCUT2D eigenvalue weighted by molar-refractivity contribution is 0.177. The van der Waals surface area contributed by atoms with Crippen molar-refractivity contribution in [1.82, 2.24) is 14.9 Å². The third kappa shape index (κ3) is 2.88. The summed E-state index contributed by atoms with van der Waals surface area (Å²) in [6, 6.07) is 0. The lowest BCUT2D eigenvalue weighted by Crippen LogP contribution is -2.36. The monoisotopic (exact) mass is 306 g/mol. The highest BCUT2D eigenvalue weighted by molar-refractivity contribution is 7.18. The van der Waals surface area contributed by atoms with Crippen LogP contribution in [0.5, 0.6) is 0 Å². The predicted octanol–water partition coefficient (Wildman–Crippen LogP) is 1.77. The molecule has 1 saturated heterocycles. The number of hydrogen-bond donors (Lipinski definition) is 2. The molecule has 0 unspecified atom stereocenters. The molecule has 0 saturated carbocycles. The Hall–Kier alpha value is -1.24. The second-order valence-corrected chi connectivity index (χ2v) is 7.13. The second kappa shape index (κ2) is 5.87. The van der Waals surface area contributed by atoms with Crippen LogP contribution in [0.1, 0.15) is 29.1 Å². The first-order chi connectivity index (χ1) is 10.1. The number of piperidine rings is 1. The van der Waals surface area contributed by atoms with Gasteiger partial charge in [-0.15, -0.1) is 11.3 Å². The Kier molecular flexibility index (Phi) is 4.10. The molecule has 1 aliphatic heterocycles. The van der Waals surface area contributed by atoms with E-state index in [0.717, 1.165) is 60.6 Å². The molecule has 0 amide bonds. The minimum Gasteiger partial charge on any atom is -0.330 e. The highest BCUT2D eigenvalue weighted by Crippen LogP contribution is 2.26. The number of nitrogens with one attached hydrogen (secondary N) is 1. The number of aryl methyl sites for hydroxylation is 2. The lowest BCUT2D eigenvalue weighted by Gasteiger charge is -2.30. The molecule has 1 fully saturated rings. The number of likely N-dealkylation sites (tertiary alicyclic amines) is 1. The number of thiophene rings is 1. The highest BCUT2D eigenvalue weighted by atomic mass is 32.1. The number of hydrogen-bond acceptors (Lipinski definition) is 5. The zero-order valence-electron chi connectivity index (χ0n) is 12.6. The zero-order valence-corrected chi connectivity index (χ0v) is 13.4. The fourth-order valence-corrected chi connectivity index (χ4v) is 4.02. The molecular formula is C15H22N4OS. The van der Waals surface area contributed by atoms with Crippen molar-refractivity contribution in [3.05, 3.63) is 26.6 Å². The molecule has 6 heteroatoms. The normalized spacial score (nSPS) is 17.7. The van der Waals surface area contributed by atoms with E-state index in [1.54, 1.807) is 11.3 Å². The summed E-state index contributed by atoms with van der Waals surface area (Å²) in [6.07, 6.45) is 2.28. The van der Waals surface area contributed by atoms with E-state index < -0.39 is 0 Å². The molecule has 1 aliphatic rings. The lowest BCUT2D eigenvalue weighted by atomic mass is 9.97. The number of rotatable bonds is 3. The topological polar surface area (TPSA) is 75.0 Å². The SMILES string of the molecule is Cc1sc2nc(CN3CCC(CN)CC3)[nH]c(=O)c2c1C. The Balaban J connectivity index is 1.81. The maximum atomic E-state index is 12.2. The van der Waals surface area contributed by atoms with Crippen molar-refractivity contribution < 1.29 is 0 Å². The molecule has 0 aromatic carbocycles. The standard InChI is InChI=1S/C15H22N4OS/c1-9-10(2)21-15-13(9)14(20)17-12(18-15)8-19-5-3-11(7-16)4-6-19/h11H,3-8,16H2,1-2H3,(H,17,18,20). The van der Waals surface area contributed by atoms with Crippen LogP contribution in [0.25, 0.3) is 10.2 Å². The molecule has 0 bridgehead atoms. The molecule has 0 atom stereocenters. The van der Waals surface area contributed by atoms with Gasteiger partial charge in [0.25, 0.3) is 5.56 Å². The Bertz CT molecular complexity index is 697. The quantitative estimate of drug-likeness (QED) is 0.906. The summed E-state index contributed by atoms with van der Waals surface area (Å²) in [7, 11) is 0. The summed E-state index contributed by atoms with van der Waals surface area (Å²) in [5, 5.41) is 0.753. The van der Waals surface area contributed by atoms with Gasteiger partial charge in [-0.25, -0.2) is 4.98 Å². The maximum Gasteiger partial charge on any atom is 0.259 e. The summed E-state index contributed by atoms with van der Waals surface area (Å²) in [4.78, 5) is 24.2. The minimum atomic E-state index is -0.00584. The van der Waals surface area contributed by atoms with Gasteiger partial charge in [0.15, 0.2) is 0 Å². The third-order valence-electron chi connectivity index (χ3n) is 4.50. The first kappa shape index (κ1) is 14.7. The van der Waals surface area contributed by atoms with Crippen LogP contribution in [0.3, 0.4) is 0 Å². The van der Waals surface area contributed by atoms with Crippen LogP contribution in [-0.4, -0.2) is 34.5 Å². The Morgan fingerprint density at radius 1 is 1.38 bits per heavy atom. The van der Waals surface area contributed by atoms with Gasteiger partial charge in [-0.3, -0.25) is 9.69 Å². The van der Waals surface area contributed by atoms with E-state index in [1.807, 2.05) is 13.8 Å². The molecule has 2 aromatic rings. The van der Waals surface area contributed by atoms with Crippen molar-refractivity contribution in [2.75, 3.05) is 19.6 Å². The van der Waals surface area contributed by atoms with E-state index >= 15 is 0 Å². The number of fused-ring (bicyclic) bond motifs is 1. The summed E-state index contributed by atoms with van der Waals surface area (Å²) in [5.74, 6) is 1.43. The summed E-state index contributed by atoms with van der Waals surface area (Å²) < 4.78 is 0. The van der Waals surface area contributed by atoms with Gasteiger partial charge in [0, 0.05) is 4.88 Å². The molecule has 3 heterocycles. The van der Waals surface area contributed by atoms with E-state index in [-0.39, 0.29) is 5.56 Å². The van der Waals surface area contributed by atoms with Crippen LogP contribution < -0.4 is 11.3 Å². The number of aromatic amines is 1. The van der Waals surface area contributed by atoms with Crippen LogP contribution in [0.15, 0.2) is 4.79 Å². The van der Waals surface area contributed by atoms with Gasteiger partial charge in [-0.05, 0) is 57.8 Å². The predicted molar refractivity (Wildman–Crippen MR) is 86.8 cm³/mol. The van der Waals surface area contributed by atoms with Gasteiger partial charge in [-0.2, -0.15) is 0 Å². The van der Waals surface area contributed by atoms with Crippen LogP contribution in [0.2, 0.25) is 0 Å². The fourth-order valence-electron chi connectivity index (χ4n) is 2.97. The van der Waals surface area contributed by atoms with Crippen molar-refractivity contribution in [1.29, 1.82) is 0 Å². The van der Waals surface area contributed by atoms with Crippen molar-refractivity contribution in [2.45, 2.75) is 33.2 Å². The zero-order chi connectivity index (χ0) is 15.0. The number of nitrogens with two attached hydrogens (primary N) is 1. The molecule has 0 spiro atoms. The molecule has 5 nitrogen and oxygen atoms in total. The number of aromatic nitrogens is 2.